The molecule has 2 N–H and O–H groups in total. The van der Waals surface area contributed by atoms with Crippen LogP contribution in [0.25, 0.3) is 0 Å². The summed E-state index contributed by atoms with van der Waals surface area (Å²) in [6.07, 6.45) is 3.67. The first kappa shape index (κ1) is 16.9. The number of nitrogens with one attached hydrogen (secondary N) is 2. The molecule has 8 heteroatoms. The van der Waals surface area contributed by atoms with E-state index in [-0.39, 0.29) is 16.7 Å². The van der Waals surface area contributed by atoms with Gasteiger partial charge in [0.15, 0.2) is 0 Å². The fraction of sp³-hybridized carbons (Fsp3) is 0.500. The number of sulfonamides is 1. The minimum atomic E-state index is -3.47. The quantitative estimate of drug-likeness (QED) is 0.848. The van der Waals surface area contributed by atoms with Gasteiger partial charge in [-0.3, -0.25) is 9.59 Å². The first-order valence-corrected chi connectivity index (χ1v) is 9.61. The molecule has 2 amide bonds. The van der Waals surface area contributed by atoms with Gasteiger partial charge in [0.2, 0.25) is 21.8 Å². The van der Waals surface area contributed by atoms with E-state index in [1.54, 1.807) is 12.1 Å². The van der Waals surface area contributed by atoms with Gasteiger partial charge in [0.1, 0.15) is 6.04 Å². The summed E-state index contributed by atoms with van der Waals surface area (Å²) in [5, 5.41) is 5.30. The summed E-state index contributed by atoms with van der Waals surface area (Å²) in [7, 11) is -3.47. The normalized spacial score (nSPS) is 22.2. The van der Waals surface area contributed by atoms with Gasteiger partial charge in [0.05, 0.1) is 4.90 Å². The fourth-order valence-electron chi connectivity index (χ4n) is 3.00. The standard InChI is InChI=1S/C16H21N3O4S/c20-15-9-8-14(18-15)16(21)17-12-4-6-13(7-5-12)24(22,23)19-10-2-1-3-11-19/h4-7,14H,1-3,8-11H2,(H,17,21)(H,18,20)/t14-/m0/s1. The van der Waals surface area contributed by atoms with Crippen LogP contribution in [-0.2, 0) is 19.6 Å². The van der Waals surface area contributed by atoms with Gasteiger partial charge in [-0.2, -0.15) is 4.31 Å². The van der Waals surface area contributed by atoms with E-state index < -0.39 is 16.1 Å². The Morgan fingerprint density at radius 2 is 1.79 bits per heavy atom. The molecule has 2 fully saturated rings. The Hall–Kier alpha value is -1.93. The van der Waals surface area contributed by atoms with E-state index in [1.165, 1.54) is 16.4 Å². The number of carbonyl (C=O) groups is 2. The van der Waals surface area contributed by atoms with Crippen LogP contribution in [0.15, 0.2) is 29.2 Å². The van der Waals surface area contributed by atoms with Crippen LogP contribution in [-0.4, -0.2) is 43.7 Å². The lowest BCUT2D eigenvalue weighted by Crippen LogP contribution is -2.37. The Balaban J connectivity index is 1.66. The van der Waals surface area contributed by atoms with Crippen molar-refractivity contribution in [3.05, 3.63) is 24.3 Å². The third kappa shape index (κ3) is 3.59. The Morgan fingerprint density at radius 3 is 2.38 bits per heavy atom. The van der Waals surface area contributed by atoms with Gasteiger partial charge in [-0.25, -0.2) is 8.42 Å². The van der Waals surface area contributed by atoms with Crippen molar-refractivity contribution in [2.24, 2.45) is 0 Å². The monoisotopic (exact) mass is 351 g/mol. The largest absolute Gasteiger partial charge is 0.344 e. The summed E-state index contributed by atoms with van der Waals surface area (Å²) in [6.45, 7) is 1.12. The zero-order valence-electron chi connectivity index (χ0n) is 13.3. The van der Waals surface area contributed by atoms with Crippen LogP contribution in [0.4, 0.5) is 5.69 Å². The third-order valence-corrected chi connectivity index (χ3v) is 6.30. The van der Waals surface area contributed by atoms with Crippen LogP contribution in [0.5, 0.6) is 0 Å². The molecule has 1 aromatic carbocycles. The Bertz CT molecular complexity index is 724. The van der Waals surface area contributed by atoms with Gasteiger partial charge >= 0.3 is 0 Å². The highest BCUT2D eigenvalue weighted by molar-refractivity contribution is 7.89. The van der Waals surface area contributed by atoms with E-state index in [2.05, 4.69) is 10.6 Å². The van der Waals surface area contributed by atoms with Crippen molar-refractivity contribution in [2.45, 2.75) is 43.0 Å². The molecule has 2 saturated heterocycles. The molecular formula is C16H21N3O4S. The molecule has 3 rings (SSSR count). The average molecular weight is 351 g/mol. The topological polar surface area (TPSA) is 95.6 Å². The predicted molar refractivity (Wildman–Crippen MR) is 88.8 cm³/mol. The maximum absolute atomic E-state index is 12.6. The number of carbonyl (C=O) groups excluding carboxylic acids is 2. The van der Waals surface area contributed by atoms with Crippen LogP contribution in [0.2, 0.25) is 0 Å². The van der Waals surface area contributed by atoms with E-state index in [1.807, 2.05) is 0 Å². The van der Waals surface area contributed by atoms with Crippen LogP contribution in [0, 0.1) is 0 Å². The number of hydrogen-bond acceptors (Lipinski definition) is 4. The Labute approximate surface area is 141 Å². The molecule has 0 spiro atoms. The number of nitrogens with zero attached hydrogens (tertiary/aromatic N) is 1. The van der Waals surface area contributed by atoms with Crippen molar-refractivity contribution in [1.82, 2.24) is 9.62 Å². The molecule has 0 aliphatic carbocycles. The lowest BCUT2D eigenvalue weighted by molar-refractivity contribution is -0.122. The smallest absolute Gasteiger partial charge is 0.246 e. The lowest BCUT2D eigenvalue weighted by Gasteiger charge is -2.25. The molecule has 2 aliphatic rings. The highest BCUT2D eigenvalue weighted by Gasteiger charge is 2.28. The van der Waals surface area contributed by atoms with Crippen molar-refractivity contribution < 1.29 is 18.0 Å². The number of rotatable bonds is 4. The first-order chi connectivity index (χ1) is 11.5. The summed E-state index contributed by atoms with van der Waals surface area (Å²) >= 11 is 0. The van der Waals surface area contributed by atoms with Crippen LogP contribution >= 0.6 is 0 Å². The predicted octanol–water partition coefficient (Wildman–Crippen LogP) is 1.08. The number of benzene rings is 1. The van der Waals surface area contributed by atoms with Gasteiger partial charge in [-0.1, -0.05) is 6.42 Å². The van der Waals surface area contributed by atoms with E-state index in [4.69, 9.17) is 0 Å². The molecule has 2 aliphatic heterocycles. The number of hydrogen-bond donors (Lipinski definition) is 2. The summed E-state index contributed by atoms with van der Waals surface area (Å²) in [6, 6.07) is 5.64. The zero-order chi connectivity index (χ0) is 17.2. The molecule has 1 atom stereocenters. The van der Waals surface area contributed by atoms with Crippen molar-refractivity contribution in [3.63, 3.8) is 0 Å². The molecule has 0 radical (unpaired) electrons. The second-order valence-corrected chi connectivity index (χ2v) is 8.08. The van der Waals surface area contributed by atoms with Crippen LogP contribution in [0.3, 0.4) is 0 Å². The van der Waals surface area contributed by atoms with E-state index in [9.17, 15) is 18.0 Å². The van der Waals surface area contributed by atoms with E-state index in [0.29, 0.717) is 31.6 Å². The van der Waals surface area contributed by atoms with Crippen molar-refractivity contribution in [1.29, 1.82) is 0 Å². The van der Waals surface area contributed by atoms with Crippen molar-refractivity contribution in [3.8, 4) is 0 Å². The molecule has 7 nitrogen and oxygen atoms in total. The minimum Gasteiger partial charge on any atom is -0.344 e. The maximum Gasteiger partial charge on any atom is 0.246 e. The summed E-state index contributed by atoms with van der Waals surface area (Å²) < 4.78 is 26.6. The molecule has 2 heterocycles. The van der Waals surface area contributed by atoms with Crippen molar-refractivity contribution >= 4 is 27.5 Å². The molecular weight excluding hydrogens is 330 g/mol. The summed E-state index contributed by atoms with van der Waals surface area (Å²) in [5.41, 5.74) is 0.513. The summed E-state index contributed by atoms with van der Waals surface area (Å²) in [4.78, 5) is 23.4. The van der Waals surface area contributed by atoms with Gasteiger partial charge in [-0.15, -0.1) is 0 Å². The van der Waals surface area contributed by atoms with Crippen molar-refractivity contribution in [2.75, 3.05) is 18.4 Å². The first-order valence-electron chi connectivity index (χ1n) is 8.17. The Kier molecular flexibility index (Phi) is 4.86. The van der Waals surface area contributed by atoms with Gasteiger partial charge in [0, 0.05) is 25.2 Å². The molecule has 24 heavy (non-hydrogen) atoms. The molecule has 130 valence electrons. The van der Waals surface area contributed by atoms with Gasteiger partial charge in [-0.05, 0) is 43.5 Å². The minimum absolute atomic E-state index is 0.127. The maximum atomic E-state index is 12.6. The molecule has 0 bridgehead atoms. The number of amides is 2. The second kappa shape index (κ2) is 6.90. The SMILES string of the molecule is O=C1CC[C@@H](C(=O)Nc2ccc(S(=O)(=O)N3CCCCC3)cc2)N1. The lowest BCUT2D eigenvalue weighted by atomic mass is 10.2. The van der Waals surface area contributed by atoms with E-state index in [0.717, 1.165) is 19.3 Å². The Morgan fingerprint density at radius 1 is 1.12 bits per heavy atom. The van der Waals surface area contributed by atoms with Crippen LogP contribution < -0.4 is 10.6 Å². The average Bonchev–Trinajstić information content (AvgIpc) is 3.03. The molecule has 1 aromatic rings. The molecule has 0 saturated carbocycles. The molecule has 0 aromatic heterocycles. The number of anilines is 1. The highest BCUT2D eigenvalue weighted by atomic mass is 32.2. The molecule has 0 unspecified atom stereocenters. The fourth-order valence-corrected chi connectivity index (χ4v) is 4.52. The number of piperidine rings is 1. The van der Waals surface area contributed by atoms with Crippen LogP contribution in [0.1, 0.15) is 32.1 Å². The van der Waals surface area contributed by atoms with Gasteiger partial charge in [0.25, 0.3) is 0 Å². The second-order valence-electron chi connectivity index (χ2n) is 6.14. The van der Waals surface area contributed by atoms with Gasteiger partial charge < -0.3 is 10.6 Å². The third-order valence-electron chi connectivity index (χ3n) is 4.39. The highest BCUT2D eigenvalue weighted by Crippen LogP contribution is 2.22. The van der Waals surface area contributed by atoms with E-state index >= 15 is 0 Å². The summed E-state index contributed by atoms with van der Waals surface area (Å²) in [5.74, 6) is -0.411. The zero-order valence-corrected chi connectivity index (χ0v) is 14.1.